The molecule has 0 unspecified atom stereocenters. The van der Waals surface area contributed by atoms with E-state index >= 15 is 0 Å². The van der Waals surface area contributed by atoms with Gasteiger partial charge in [-0.05, 0) is 12.1 Å². The van der Waals surface area contributed by atoms with Crippen LogP contribution in [0.4, 0.5) is 5.69 Å². The summed E-state index contributed by atoms with van der Waals surface area (Å²) in [4.78, 5) is 0. The molecule has 13 heavy (non-hydrogen) atoms. The van der Waals surface area contributed by atoms with E-state index in [1.54, 1.807) is 18.2 Å². The van der Waals surface area contributed by atoms with Crippen molar-refractivity contribution in [3.05, 3.63) is 24.3 Å². The minimum atomic E-state index is -3.40. The zero-order valence-corrected chi connectivity index (χ0v) is 7.67. The molecule has 70 valence electrons. The predicted molar refractivity (Wildman–Crippen MR) is 49.3 cm³/mol. The molecule has 1 aliphatic rings. The molecule has 0 saturated heterocycles. The molecular formula is C8H9NO3S. The monoisotopic (exact) mass is 199 g/mol. The highest BCUT2D eigenvalue weighted by atomic mass is 32.2. The SMILES string of the molecule is O=S1(=O)CCNc2ccccc2O1. The summed E-state index contributed by atoms with van der Waals surface area (Å²) in [6.45, 7) is 0.388. The lowest BCUT2D eigenvalue weighted by Crippen LogP contribution is -2.15. The number of hydrogen-bond donors (Lipinski definition) is 1. The lowest BCUT2D eigenvalue weighted by Gasteiger charge is -2.04. The molecule has 0 atom stereocenters. The summed E-state index contributed by atoms with van der Waals surface area (Å²) >= 11 is 0. The molecule has 1 aromatic carbocycles. The van der Waals surface area contributed by atoms with Crippen LogP contribution in [-0.2, 0) is 10.1 Å². The first-order valence-electron chi connectivity index (χ1n) is 3.92. The maximum Gasteiger partial charge on any atom is 0.311 e. The van der Waals surface area contributed by atoms with Crippen molar-refractivity contribution in [1.29, 1.82) is 0 Å². The molecular weight excluding hydrogens is 190 g/mol. The third kappa shape index (κ3) is 1.75. The van der Waals surface area contributed by atoms with Gasteiger partial charge in [0.15, 0.2) is 5.75 Å². The van der Waals surface area contributed by atoms with Crippen LogP contribution >= 0.6 is 0 Å². The van der Waals surface area contributed by atoms with Gasteiger partial charge in [-0.2, -0.15) is 8.42 Å². The van der Waals surface area contributed by atoms with Crippen molar-refractivity contribution in [1.82, 2.24) is 0 Å². The van der Waals surface area contributed by atoms with Gasteiger partial charge in [-0.25, -0.2) is 0 Å². The van der Waals surface area contributed by atoms with Gasteiger partial charge in [0.2, 0.25) is 0 Å². The first-order valence-corrected chi connectivity index (χ1v) is 5.50. The summed E-state index contributed by atoms with van der Waals surface area (Å²) in [6, 6.07) is 6.98. The molecule has 0 fully saturated rings. The van der Waals surface area contributed by atoms with E-state index in [1.807, 2.05) is 6.07 Å². The van der Waals surface area contributed by atoms with Gasteiger partial charge in [0, 0.05) is 6.54 Å². The average Bonchev–Trinajstić information content (AvgIpc) is 2.21. The highest BCUT2D eigenvalue weighted by molar-refractivity contribution is 7.87. The molecule has 0 saturated carbocycles. The lowest BCUT2D eigenvalue weighted by molar-refractivity contribution is 0.491. The summed E-state index contributed by atoms with van der Waals surface area (Å²) in [7, 11) is -3.40. The summed E-state index contributed by atoms with van der Waals surface area (Å²) in [5.74, 6) is 0.377. The van der Waals surface area contributed by atoms with E-state index in [9.17, 15) is 8.42 Å². The van der Waals surface area contributed by atoms with Gasteiger partial charge >= 0.3 is 10.1 Å². The second-order valence-electron chi connectivity index (χ2n) is 2.77. The Balaban J connectivity index is 2.46. The maximum absolute atomic E-state index is 11.2. The first-order chi connectivity index (χ1) is 6.17. The van der Waals surface area contributed by atoms with Crippen LogP contribution < -0.4 is 9.50 Å². The van der Waals surface area contributed by atoms with E-state index in [0.717, 1.165) is 5.69 Å². The highest BCUT2D eigenvalue weighted by Gasteiger charge is 2.18. The summed E-state index contributed by atoms with van der Waals surface area (Å²) < 4.78 is 27.2. The van der Waals surface area contributed by atoms with Crippen LogP contribution in [-0.4, -0.2) is 20.7 Å². The molecule has 5 heteroatoms. The molecule has 1 N–H and O–H groups in total. The van der Waals surface area contributed by atoms with Crippen LogP contribution in [0, 0.1) is 0 Å². The number of anilines is 1. The Labute approximate surface area is 76.7 Å². The van der Waals surface area contributed by atoms with Crippen molar-refractivity contribution in [2.24, 2.45) is 0 Å². The van der Waals surface area contributed by atoms with Gasteiger partial charge in [0.05, 0.1) is 5.69 Å². The van der Waals surface area contributed by atoms with Gasteiger partial charge in [-0.3, -0.25) is 0 Å². The average molecular weight is 199 g/mol. The van der Waals surface area contributed by atoms with Crippen molar-refractivity contribution in [2.75, 3.05) is 17.6 Å². The van der Waals surface area contributed by atoms with Crippen LogP contribution in [0.15, 0.2) is 24.3 Å². The number of nitrogens with one attached hydrogen (secondary N) is 1. The van der Waals surface area contributed by atoms with E-state index in [-0.39, 0.29) is 5.75 Å². The van der Waals surface area contributed by atoms with Gasteiger partial charge in [-0.15, -0.1) is 0 Å². The summed E-state index contributed by atoms with van der Waals surface area (Å²) in [5, 5.41) is 2.98. The van der Waals surface area contributed by atoms with E-state index in [1.165, 1.54) is 0 Å². The third-order valence-electron chi connectivity index (χ3n) is 1.77. The fraction of sp³-hybridized carbons (Fsp3) is 0.250. The molecule has 0 radical (unpaired) electrons. The van der Waals surface area contributed by atoms with Gasteiger partial charge in [0.25, 0.3) is 0 Å². The zero-order valence-electron chi connectivity index (χ0n) is 6.86. The molecule has 0 aliphatic carbocycles. The largest absolute Gasteiger partial charge is 0.381 e. The molecule has 1 heterocycles. The summed E-state index contributed by atoms with van der Waals surface area (Å²) in [5.41, 5.74) is 0.726. The Morgan fingerprint density at radius 2 is 2.08 bits per heavy atom. The van der Waals surface area contributed by atoms with Gasteiger partial charge in [0.1, 0.15) is 5.75 Å². The molecule has 1 aliphatic heterocycles. The molecule has 2 rings (SSSR count). The molecule has 0 bridgehead atoms. The number of benzene rings is 1. The maximum atomic E-state index is 11.2. The standard InChI is InChI=1S/C8H9NO3S/c10-13(11)6-5-9-7-3-1-2-4-8(7)12-13/h1-4,9H,5-6H2. The van der Waals surface area contributed by atoms with Crippen molar-refractivity contribution >= 4 is 15.8 Å². The predicted octanol–water partition coefficient (Wildman–Crippen LogP) is 0.821. The smallest absolute Gasteiger partial charge is 0.311 e. The quantitative estimate of drug-likeness (QED) is 0.628. The van der Waals surface area contributed by atoms with E-state index < -0.39 is 10.1 Å². The van der Waals surface area contributed by atoms with E-state index in [2.05, 4.69) is 5.32 Å². The van der Waals surface area contributed by atoms with E-state index in [4.69, 9.17) is 4.18 Å². The number of fused-ring (bicyclic) bond motifs is 1. The topological polar surface area (TPSA) is 55.4 Å². The molecule has 1 aromatic rings. The minimum Gasteiger partial charge on any atom is -0.381 e. The van der Waals surface area contributed by atoms with Crippen LogP contribution in [0.3, 0.4) is 0 Å². The molecule has 0 aromatic heterocycles. The molecule has 0 spiro atoms. The van der Waals surface area contributed by atoms with Crippen molar-refractivity contribution in [2.45, 2.75) is 0 Å². The number of hydrogen-bond acceptors (Lipinski definition) is 4. The van der Waals surface area contributed by atoms with Gasteiger partial charge in [-0.1, -0.05) is 12.1 Å². The normalized spacial score (nSPS) is 19.1. The number of rotatable bonds is 0. The fourth-order valence-electron chi connectivity index (χ4n) is 1.17. The second kappa shape index (κ2) is 2.92. The first kappa shape index (κ1) is 8.37. The van der Waals surface area contributed by atoms with Crippen molar-refractivity contribution in [3.8, 4) is 5.75 Å². The van der Waals surface area contributed by atoms with Crippen molar-refractivity contribution in [3.63, 3.8) is 0 Å². The fourth-order valence-corrected chi connectivity index (χ4v) is 2.03. The molecule has 0 amide bonds. The Bertz CT molecular complexity index is 413. The Morgan fingerprint density at radius 3 is 2.92 bits per heavy atom. The van der Waals surface area contributed by atoms with Gasteiger partial charge < -0.3 is 9.50 Å². The summed E-state index contributed by atoms with van der Waals surface area (Å²) in [6.07, 6.45) is 0. The number of para-hydroxylation sites is 2. The lowest BCUT2D eigenvalue weighted by atomic mass is 10.3. The van der Waals surface area contributed by atoms with Crippen molar-refractivity contribution < 1.29 is 12.6 Å². The Kier molecular flexibility index (Phi) is 1.88. The van der Waals surface area contributed by atoms with Crippen LogP contribution in [0.1, 0.15) is 0 Å². The second-order valence-corrected chi connectivity index (χ2v) is 4.46. The van der Waals surface area contributed by atoms with Crippen LogP contribution in [0.2, 0.25) is 0 Å². The van der Waals surface area contributed by atoms with Crippen LogP contribution in [0.5, 0.6) is 5.75 Å². The molecule has 4 nitrogen and oxygen atoms in total. The van der Waals surface area contributed by atoms with Crippen LogP contribution in [0.25, 0.3) is 0 Å². The minimum absolute atomic E-state index is 0.00167. The third-order valence-corrected chi connectivity index (χ3v) is 2.91. The Morgan fingerprint density at radius 1 is 1.31 bits per heavy atom. The zero-order chi connectivity index (χ0) is 9.31. The Hall–Kier alpha value is -1.23. The van der Waals surface area contributed by atoms with E-state index in [0.29, 0.717) is 12.3 Å². The highest BCUT2D eigenvalue weighted by Crippen LogP contribution is 2.26.